The van der Waals surface area contributed by atoms with Gasteiger partial charge in [0.15, 0.2) is 5.82 Å². The fourth-order valence-electron chi connectivity index (χ4n) is 5.27. The molecule has 3 aromatic rings. The van der Waals surface area contributed by atoms with Crippen LogP contribution in [0.1, 0.15) is 37.8 Å². The number of benzene rings is 1. The van der Waals surface area contributed by atoms with Crippen LogP contribution in [0.3, 0.4) is 0 Å². The van der Waals surface area contributed by atoms with Crippen molar-refractivity contribution in [3.63, 3.8) is 0 Å². The number of nitrogens with zero attached hydrogens (tertiary/aromatic N) is 5. The minimum absolute atomic E-state index is 0.0701. The minimum Gasteiger partial charge on any atom is -0.481 e. The summed E-state index contributed by atoms with van der Waals surface area (Å²) in [5, 5.41) is 19.3. The molecular formula is C24H31N7O4S. The van der Waals surface area contributed by atoms with Gasteiger partial charge in [-0.1, -0.05) is 24.6 Å². The first-order valence-corrected chi connectivity index (χ1v) is 13.5. The van der Waals surface area contributed by atoms with E-state index in [-0.39, 0.29) is 24.7 Å². The molecule has 0 radical (unpaired) electrons. The third-order valence-corrected chi connectivity index (χ3v) is 9.04. The van der Waals surface area contributed by atoms with E-state index in [4.69, 9.17) is 4.74 Å². The third kappa shape index (κ3) is 4.75. The molecule has 36 heavy (non-hydrogen) atoms. The Morgan fingerprint density at radius 3 is 2.50 bits per heavy atom. The number of rotatable bonds is 8. The van der Waals surface area contributed by atoms with E-state index >= 15 is 0 Å². The van der Waals surface area contributed by atoms with Crippen molar-refractivity contribution in [1.29, 1.82) is 0 Å². The molecule has 3 N–H and O–H groups in total. The Morgan fingerprint density at radius 2 is 1.86 bits per heavy atom. The first-order valence-electron chi connectivity index (χ1n) is 12.1. The quantitative estimate of drug-likeness (QED) is 0.415. The van der Waals surface area contributed by atoms with Crippen molar-refractivity contribution in [1.82, 2.24) is 24.5 Å². The van der Waals surface area contributed by atoms with Gasteiger partial charge in [-0.25, -0.2) is 8.42 Å². The normalized spacial score (nSPS) is 22.2. The predicted octanol–water partition coefficient (Wildman–Crippen LogP) is 2.65. The lowest BCUT2D eigenvalue weighted by molar-refractivity contribution is 0.109. The number of piperidine rings is 2. The summed E-state index contributed by atoms with van der Waals surface area (Å²) in [6.07, 6.45) is 4.09. The fourth-order valence-corrected chi connectivity index (χ4v) is 7.19. The second-order valence-corrected chi connectivity index (χ2v) is 11.1. The van der Waals surface area contributed by atoms with Gasteiger partial charge in [0, 0.05) is 37.3 Å². The van der Waals surface area contributed by atoms with E-state index in [2.05, 4.69) is 25.5 Å². The average molecular weight is 514 g/mol. The highest BCUT2D eigenvalue weighted by atomic mass is 32.2. The number of aromatic nitrogens is 4. The Hall–Kier alpha value is -3.22. The largest absolute Gasteiger partial charge is 0.481 e. The number of sulfonamides is 1. The molecule has 4 heterocycles. The van der Waals surface area contributed by atoms with Crippen molar-refractivity contribution < 1.29 is 18.3 Å². The van der Waals surface area contributed by atoms with E-state index in [1.165, 1.54) is 0 Å². The molecule has 0 aliphatic carbocycles. The highest BCUT2D eigenvalue weighted by Crippen LogP contribution is 2.40. The maximum absolute atomic E-state index is 13.5. The van der Waals surface area contributed by atoms with Crippen LogP contribution in [-0.2, 0) is 16.6 Å². The number of anilines is 3. The van der Waals surface area contributed by atoms with E-state index < -0.39 is 10.0 Å². The Balaban J connectivity index is 1.37. The van der Waals surface area contributed by atoms with Gasteiger partial charge >= 0.3 is 0 Å². The van der Waals surface area contributed by atoms with Crippen LogP contribution >= 0.6 is 0 Å². The molecule has 2 aliphatic rings. The second kappa shape index (κ2) is 10.0. The van der Waals surface area contributed by atoms with Crippen molar-refractivity contribution in [3.8, 4) is 5.88 Å². The Labute approximate surface area is 210 Å². The standard InChI is InChI=1S/C24H31N7O4S/c1-30(24-26-21(14-23(27-24)35-2)25-22-11-16(15-32)28-29-22)19-12-17-7-6-8-18(13-19)31(17)36(33,34)20-9-4-3-5-10-20/h3-5,9-11,14,17-19,32H,6-8,12-13,15H2,1-2H3,(H2,25,26,27,28,29)/t17-,18+,19+. The first-order chi connectivity index (χ1) is 17.4. The predicted molar refractivity (Wildman–Crippen MR) is 135 cm³/mol. The number of H-pyrrole nitrogens is 1. The van der Waals surface area contributed by atoms with Gasteiger partial charge in [0.05, 0.1) is 24.3 Å². The molecule has 2 aromatic heterocycles. The monoisotopic (exact) mass is 513 g/mol. The molecular weight excluding hydrogens is 482 g/mol. The van der Waals surface area contributed by atoms with Crippen LogP contribution in [0.5, 0.6) is 5.88 Å². The number of aromatic amines is 1. The van der Waals surface area contributed by atoms with Crippen molar-refractivity contribution in [2.75, 3.05) is 24.4 Å². The topological polar surface area (TPSA) is 137 Å². The van der Waals surface area contributed by atoms with Crippen LogP contribution in [-0.4, -0.2) is 70.3 Å². The molecule has 2 saturated heterocycles. The van der Waals surface area contributed by atoms with Gasteiger partial charge in [0.2, 0.25) is 21.9 Å². The molecule has 3 atom stereocenters. The maximum Gasteiger partial charge on any atom is 0.243 e. The zero-order valence-corrected chi connectivity index (χ0v) is 21.1. The number of hydrogen-bond acceptors (Lipinski definition) is 9. The summed E-state index contributed by atoms with van der Waals surface area (Å²) in [7, 11) is -0.0710. The van der Waals surface area contributed by atoms with Crippen LogP contribution in [0.4, 0.5) is 17.6 Å². The molecule has 0 amide bonds. The van der Waals surface area contributed by atoms with Crippen LogP contribution in [0.25, 0.3) is 0 Å². The second-order valence-electron chi connectivity index (χ2n) is 9.28. The van der Waals surface area contributed by atoms with E-state index in [0.717, 1.165) is 19.3 Å². The molecule has 2 fully saturated rings. The Kier molecular flexibility index (Phi) is 6.82. The van der Waals surface area contributed by atoms with Crippen molar-refractivity contribution in [2.24, 2.45) is 0 Å². The van der Waals surface area contributed by atoms with Gasteiger partial charge in [-0.3, -0.25) is 5.10 Å². The molecule has 0 saturated carbocycles. The van der Waals surface area contributed by atoms with Crippen molar-refractivity contribution in [3.05, 3.63) is 48.2 Å². The first kappa shape index (κ1) is 24.5. The summed E-state index contributed by atoms with van der Waals surface area (Å²) >= 11 is 0. The van der Waals surface area contributed by atoms with Crippen LogP contribution in [0, 0.1) is 0 Å². The van der Waals surface area contributed by atoms with Gasteiger partial charge in [-0.05, 0) is 37.8 Å². The zero-order chi connectivity index (χ0) is 25.3. The number of nitrogens with one attached hydrogen (secondary N) is 2. The van der Waals surface area contributed by atoms with E-state index in [9.17, 15) is 13.5 Å². The maximum atomic E-state index is 13.5. The van der Waals surface area contributed by atoms with Crippen molar-refractivity contribution in [2.45, 2.75) is 61.7 Å². The van der Waals surface area contributed by atoms with E-state index in [1.807, 2.05) is 18.0 Å². The lowest BCUT2D eigenvalue weighted by Gasteiger charge is -2.49. The smallest absolute Gasteiger partial charge is 0.243 e. The summed E-state index contributed by atoms with van der Waals surface area (Å²) < 4.78 is 34.2. The Morgan fingerprint density at radius 1 is 1.14 bits per heavy atom. The molecule has 11 nitrogen and oxygen atoms in total. The molecule has 192 valence electrons. The molecule has 0 unspecified atom stereocenters. The number of fused-ring (bicyclic) bond motifs is 2. The van der Waals surface area contributed by atoms with Crippen LogP contribution < -0.4 is 15.0 Å². The zero-order valence-electron chi connectivity index (χ0n) is 20.3. The fraction of sp³-hybridized carbons (Fsp3) is 0.458. The van der Waals surface area contributed by atoms with Crippen LogP contribution in [0.2, 0.25) is 0 Å². The van der Waals surface area contributed by atoms with Crippen LogP contribution in [0.15, 0.2) is 47.4 Å². The lowest BCUT2D eigenvalue weighted by Crippen LogP contribution is -2.58. The van der Waals surface area contributed by atoms with Gasteiger partial charge in [0.25, 0.3) is 0 Å². The number of ether oxygens (including phenoxy) is 1. The average Bonchev–Trinajstić information content (AvgIpc) is 3.35. The molecule has 0 spiro atoms. The van der Waals surface area contributed by atoms with Crippen molar-refractivity contribution >= 4 is 27.6 Å². The van der Waals surface area contributed by atoms with Gasteiger partial charge in [-0.2, -0.15) is 19.4 Å². The summed E-state index contributed by atoms with van der Waals surface area (Å²) in [5.74, 6) is 1.90. The molecule has 2 bridgehead atoms. The van der Waals surface area contributed by atoms with Gasteiger partial charge < -0.3 is 20.1 Å². The van der Waals surface area contributed by atoms with E-state index in [0.29, 0.717) is 46.9 Å². The Bertz CT molecular complexity index is 1290. The lowest BCUT2D eigenvalue weighted by atomic mass is 9.83. The van der Waals surface area contributed by atoms with E-state index in [1.54, 1.807) is 47.8 Å². The number of aliphatic hydroxyl groups excluding tert-OH is 1. The summed E-state index contributed by atoms with van der Waals surface area (Å²) in [6, 6.07) is 12.0. The summed E-state index contributed by atoms with van der Waals surface area (Å²) in [4.78, 5) is 11.6. The highest BCUT2D eigenvalue weighted by Gasteiger charge is 2.46. The molecule has 1 aromatic carbocycles. The van der Waals surface area contributed by atoms with Gasteiger partial charge in [-0.15, -0.1) is 0 Å². The third-order valence-electron chi connectivity index (χ3n) is 7.02. The highest BCUT2D eigenvalue weighted by molar-refractivity contribution is 7.89. The SMILES string of the molecule is COc1cc(Nc2cc(CO)[nH]n2)nc(N(C)[C@H]2C[C@H]3CCC[C@@H](C2)N3S(=O)(=O)c2ccccc2)n1. The number of hydrogen-bond donors (Lipinski definition) is 3. The van der Waals surface area contributed by atoms with Gasteiger partial charge in [0.1, 0.15) is 5.82 Å². The molecule has 2 aliphatic heterocycles. The summed E-state index contributed by atoms with van der Waals surface area (Å²) in [6.45, 7) is -0.142. The minimum atomic E-state index is -3.56. The number of aliphatic hydroxyl groups is 1. The molecule has 5 rings (SSSR count). The summed E-state index contributed by atoms with van der Waals surface area (Å²) in [5.41, 5.74) is 0.583. The molecule has 12 heteroatoms. The number of methoxy groups -OCH3 is 1.